The van der Waals surface area contributed by atoms with Crippen molar-refractivity contribution >= 4 is 34.8 Å². The summed E-state index contributed by atoms with van der Waals surface area (Å²) < 4.78 is 0. The number of nitrogens with one attached hydrogen (secondary N) is 2. The van der Waals surface area contributed by atoms with Gasteiger partial charge >= 0.3 is 0 Å². The average Bonchev–Trinajstić information content (AvgIpc) is 2.62. The minimum absolute atomic E-state index is 0.00722. The number of Topliss-reactive ketones (excluding diaryl/α,β-unsaturated/α-hetero) is 1. The number of carbonyl (C=O) groups is 4. The van der Waals surface area contributed by atoms with Gasteiger partial charge in [0.05, 0.1) is 0 Å². The molecule has 0 unspecified atom stereocenters. The van der Waals surface area contributed by atoms with E-state index in [2.05, 4.69) is 10.6 Å². The van der Waals surface area contributed by atoms with Crippen LogP contribution in [0.15, 0.2) is 60.7 Å². The maximum atomic E-state index is 11.5. The molecule has 0 aliphatic rings. The van der Waals surface area contributed by atoms with Crippen molar-refractivity contribution < 1.29 is 19.2 Å². The first-order valence-electron chi connectivity index (χ1n) is 8.66. The molecule has 0 spiro atoms. The molecule has 6 heteroatoms. The van der Waals surface area contributed by atoms with E-state index >= 15 is 0 Å². The second-order valence-electron chi connectivity index (χ2n) is 5.94. The normalized spacial score (nSPS) is 9.86. The summed E-state index contributed by atoms with van der Waals surface area (Å²) in [6.07, 6.45) is 3.18. The summed E-state index contributed by atoms with van der Waals surface area (Å²) in [6.45, 7) is 6.14. The first-order valence-corrected chi connectivity index (χ1v) is 8.66. The SMILES string of the molecule is C/C=C/C(=O)c1cccc(NC(C)=O)c1.CC(=O)Nc1cccc(C(C)=O)c1. The zero-order valence-corrected chi connectivity index (χ0v) is 16.4. The van der Waals surface area contributed by atoms with Crippen molar-refractivity contribution in [2.45, 2.75) is 27.7 Å². The fourth-order valence-electron chi connectivity index (χ4n) is 2.22. The highest BCUT2D eigenvalue weighted by molar-refractivity contribution is 6.05. The number of ketones is 2. The van der Waals surface area contributed by atoms with E-state index in [1.807, 2.05) is 0 Å². The molecule has 146 valence electrons. The number of amides is 2. The van der Waals surface area contributed by atoms with E-state index in [1.165, 1.54) is 26.8 Å². The molecule has 0 heterocycles. The van der Waals surface area contributed by atoms with Crippen molar-refractivity contribution in [3.8, 4) is 0 Å². The lowest BCUT2D eigenvalue weighted by Gasteiger charge is -2.02. The molecule has 0 aliphatic carbocycles. The molecule has 0 radical (unpaired) electrons. The van der Waals surface area contributed by atoms with E-state index < -0.39 is 0 Å². The summed E-state index contributed by atoms with van der Waals surface area (Å²) in [5.74, 6) is -0.358. The van der Waals surface area contributed by atoms with Crippen LogP contribution in [0.25, 0.3) is 0 Å². The monoisotopic (exact) mass is 380 g/mol. The molecule has 0 bridgehead atoms. The summed E-state index contributed by atoms with van der Waals surface area (Å²) in [7, 11) is 0. The van der Waals surface area contributed by atoms with Crippen LogP contribution in [0.5, 0.6) is 0 Å². The summed E-state index contributed by atoms with van der Waals surface area (Å²) in [5, 5.41) is 5.24. The quantitative estimate of drug-likeness (QED) is 0.599. The molecule has 28 heavy (non-hydrogen) atoms. The predicted molar refractivity (Wildman–Crippen MR) is 111 cm³/mol. The largest absolute Gasteiger partial charge is 0.326 e. The van der Waals surface area contributed by atoms with Crippen LogP contribution in [0.3, 0.4) is 0 Å². The number of rotatable bonds is 5. The van der Waals surface area contributed by atoms with Crippen LogP contribution in [-0.4, -0.2) is 23.4 Å². The molecule has 2 aromatic rings. The lowest BCUT2D eigenvalue weighted by atomic mass is 10.1. The molecule has 0 atom stereocenters. The smallest absolute Gasteiger partial charge is 0.221 e. The molecular formula is C22H24N2O4. The molecule has 2 aromatic carbocycles. The van der Waals surface area contributed by atoms with Crippen molar-refractivity contribution in [3.63, 3.8) is 0 Å². The van der Waals surface area contributed by atoms with E-state index in [0.717, 1.165) is 0 Å². The fraction of sp³-hybridized carbons (Fsp3) is 0.182. The molecular weight excluding hydrogens is 356 g/mol. The summed E-state index contributed by atoms with van der Waals surface area (Å²) in [4.78, 5) is 44.0. The van der Waals surface area contributed by atoms with Gasteiger partial charge in [0.15, 0.2) is 11.6 Å². The van der Waals surface area contributed by atoms with Crippen LogP contribution in [0.1, 0.15) is 48.4 Å². The van der Waals surface area contributed by atoms with Gasteiger partial charge in [0.1, 0.15) is 0 Å². The Bertz CT molecular complexity index is 901. The second kappa shape index (κ2) is 11.2. The zero-order chi connectivity index (χ0) is 21.1. The van der Waals surface area contributed by atoms with Crippen LogP contribution >= 0.6 is 0 Å². The van der Waals surface area contributed by atoms with Gasteiger partial charge in [0.2, 0.25) is 11.8 Å². The van der Waals surface area contributed by atoms with Crippen molar-refractivity contribution in [1.82, 2.24) is 0 Å². The van der Waals surface area contributed by atoms with Crippen molar-refractivity contribution in [3.05, 3.63) is 71.8 Å². The van der Waals surface area contributed by atoms with Gasteiger partial charge in [0, 0.05) is 36.3 Å². The van der Waals surface area contributed by atoms with Crippen molar-refractivity contribution in [1.29, 1.82) is 0 Å². The number of hydrogen-bond acceptors (Lipinski definition) is 4. The van der Waals surface area contributed by atoms with Crippen LogP contribution in [0.2, 0.25) is 0 Å². The van der Waals surface area contributed by atoms with Gasteiger partial charge in [-0.3, -0.25) is 19.2 Å². The van der Waals surface area contributed by atoms with Crippen molar-refractivity contribution in [2.75, 3.05) is 10.6 Å². The maximum absolute atomic E-state index is 11.5. The first-order chi connectivity index (χ1) is 13.2. The first kappa shape index (κ1) is 22.5. The van der Waals surface area contributed by atoms with Gasteiger partial charge in [-0.15, -0.1) is 0 Å². The molecule has 6 nitrogen and oxygen atoms in total. The van der Waals surface area contributed by atoms with Crippen LogP contribution in [0.4, 0.5) is 11.4 Å². The number of allylic oxidation sites excluding steroid dienone is 2. The molecule has 2 amide bonds. The average molecular weight is 380 g/mol. The Balaban J connectivity index is 0.000000283. The Hall–Kier alpha value is -3.54. The minimum atomic E-state index is -0.148. The Kier molecular flexibility index (Phi) is 9.03. The molecule has 0 fully saturated rings. The molecule has 0 saturated heterocycles. The van der Waals surface area contributed by atoms with Gasteiger partial charge < -0.3 is 10.6 Å². The highest BCUT2D eigenvalue weighted by Crippen LogP contribution is 2.12. The van der Waals surface area contributed by atoms with Crippen molar-refractivity contribution in [2.24, 2.45) is 0 Å². The third-order valence-electron chi connectivity index (χ3n) is 3.37. The topological polar surface area (TPSA) is 92.3 Å². The molecule has 0 aromatic heterocycles. The Morgan fingerprint density at radius 2 is 1.21 bits per heavy atom. The standard InChI is InChI=1S/C12H13NO2.C10H11NO2/c1-3-5-12(15)10-6-4-7-11(8-10)13-9(2)14;1-7(12)9-4-3-5-10(6-9)11-8(2)13/h3-8H,1-2H3,(H,13,14);3-6H,1-2H3,(H,11,13)/b5-3+;. The number of benzene rings is 2. The predicted octanol–water partition coefficient (Wildman–Crippen LogP) is 4.25. The third kappa shape index (κ3) is 8.23. The van der Waals surface area contributed by atoms with Gasteiger partial charge in [-0.2, -0.15) is 0 Å². The van der Waals surface area contributed by atoms with Crippen LogP contribution in [0, 0.1) is 0 Å². The van der Waals surface area contributed by atoms with E-state index in [9.17, 15) is 19.2 Å². The summed E-state index contributed by atoms with van der Waals surface area (Å²) in [5.41, 5.74) is 2.46. The van der Waals surface area contributed by atoms with Crippen LogP contribution in [-0.2, 0) is 9.59 Å². The Morgan fingerprint density at radius 3 is 1.64 bits per heavy atom. The zero-order valence-electron chi connectivity index (χ0n) is 16.4. The van der Waals surface area contributed by atoms with Gasteiger partial charge in [-0.25, -0.2) is 0 Å². The highest BCUT2D eigenvalue weighted by Gasteiger charge is 2.03. The van der Waals surface area contributed by atoms with E-state index in [4.69, 9.17) is 0 Å². The van der Waals surface area contributed by atoms with Gasteiger partial charge in [-0.05, 0) is 44.2 Å². The minimum Gasteiger partial charge on any atom is -0.326 e. The lowest BCUT2D eigenvalue weighted by molar-refractivity contribution is -0.115. The molecule has 2 N–H and O–H groups in total. The highest BCUT2D eigenvalue weighted by atomic mass is 16.2. The number of carbonyl (C=O) groups excluding carboxylic acids is 4. The third-order valence-corrected chi connectivity index (χ3v) is 3.37. The summed E-state index contributed by atoms with van der Waals surface area (Å²) >= 11 is 0. The molecule has 2 rings (SSSR count). The van der Waals surface area contributed by atoms with E-state index in [0.29, 0.717) is 22.5 Å². The Labute approximate surface area is 164 Å². The second-order valence-corrected chi connectivity index (χ2v) is 5.94. The summed E-state index contributed by atoms with van der Waals surface area (Å²) in [6, 6.07) is 13.7. The van der Waals surface area contributed by atoms with Gasteiger partial charge in [0.25, 0.3) is 0 Å². The van der Waals surface area contributed by atoms with E-state index in [1.54, 1.807) is 61.5 Å². The molecule has 0 saturated carbocycles. The lowest BCUT2D eigenvalue weighted by Crippen LogP contribution is -2.06. The Morgan fingerprint density at radius 1 is 0.750 bits per heavy atom. The molecule has 0 aliphatic heterocycles. The van der Waals surface area contributed by atoms with Gasteiger partial charge in [-0.1, -0.05) is 30.3 Å². The maximum Gasteiger partial charge on any atom is 0.221 e. The van der Waals surface area contributed by atoms with Crippen LogP contribution < -0.4 is 10.6 Å². The number of hydrogen-bond donors (Lipinski definition) is 2. The number of anilines is 2. The van der Waals surface area contributed by atoms with E-state index in [-0.39, 0.29) is 23.4 Å². The fourth-order valence-corrected chi connectivity index (χ4v) is 2.22.